The first kappa shape index (κ1) is 19.0. The minimum atomic E-state index is -0.511. The number of carbonyl (C=O) groups is 1. The monoisotopic (exact) mass is 456 g/mol. The fourth-order valence-electron chi connectivity index (χ4n) is 2.15. The van der Waals surface area contributed by atoms with Crippen LogP contribution in [0.25, 0.3) is 0 Å². The molecule has 2 aromatic rings. The predicted molar refractivity (Wildman–Crippen MR) is 103 cm³/mol. The van der Waals surface area contributed by atoms with Crippen molar-refractivity contribution in [2.24, 2.45) is 0 Å². The molecule has 1 amide bonds. The summed E-state index contributed by atoms with van der Waals surface area (Å²) in [6.07, 6.45) is 0. The zero-order valence-corrected chi connectivity index (χ0v) is 15.9. The van der Waals surface area contributed by atoms with Gasteiger partial charge in [-0.1, -0.05) is 6.07 Å². The number of rotatable bonds is 7. The van der Waals surface area contributed by atoms with Gasteiger partial charge in [-0.25, -0.2) is 0 Å². The van der Waals surface area contributed by atoms with Crippen molar-refractivity contribution in [3.05, 3.63) is 55.6 Å². The third-order valence-electron chi connectivity index (χ3n) is 3.18. The van der Waals surface area contributed by atoms with Gasteiger partial charge in [-0.15, -0.1) is 0 Å². The van der Waals surface area contributed by atoms with E-state index < -0.39 is 4.92 Å². The normalized spacial score (nSPS) is 10.2. The lowest BCUT2D eigenvalue weighted by Crippen LogP contribution is -2.13. The van der Waals surface area contributed by atoms with Crippen molar-refractivity contribution in [3.8, 4) is 11.5 Å². The van der Waals surface area contributed by atoms with E-state index in [1.165, 1.54) is 18.2 Å². The van der Waals surface area contributed by atoms with Crippen LogP contribution in [0.1, 0.15) is 24.2 Å². The number of hydrogen-bond acceptors (Lipinski definition) is 5. The van der Waals surface area contributed by atoms with Gasteiger partial charge < -0.3 is 14.8 Å². The molecule has 0 aromatic heterocycles. The van der Waals surface area contributed by atoms with Gasteiger partial charge in [-0.05, 0) is 54.6 Å². The van der Waals surface area contributed by atoms with Crippen LogP contribution in [0.3, 0.4) is 0 Å². The molecular weight excluding hydrogens is 439 g/mol. The van der Waals surface area contributed by atoms with Crippen LogP contribution < -0.4 is 14.8 Å². The zero-order chi connectivity index (χ0) is 18.4. The summed E-state index contributed by atoms with van der Waals surface area (Å²) in [6.45, 7) is 4.63. The van der Waals surface area contributed by atoms with E-state index in [0.717, 1.165) is 3.57 Å². The molecule has 8 heteroatoms. The number of carbonyl (C=O) groups excluding carboxylic acids is 1. The van der Waals surface area contributed by atoms with Crippen molar-refractivity contribution in [1.82, 2.24) is 0 Å². The van der Waals surface area contributed by atoms with Crippen molar-refractivity contribution < 1.29 is 19.2 Å². The molecule has 0 unspecified atom stereocenters. The molecule has 0 fully saturated rings. The first-order valence-corrected chi connectivity index (χ1v) is 8.69. The zero-order valence-electron chi connectivity index (χ0n) is 13.7. The number of nitro groups is 1. The van der Waals surface area contributed by atoms with Gasteiger partial charge in [-0.3, -0.25) is 14.9 Å². The molecule has 0 heterocycles. The summed E-state index contributed by atoms with van der Waals surface area (Å²) >= 11 is 2.08. The number of halogens is 1. The average molecular weight is 456 g/mol. The van der Waals surface area contributed by atoms with Crippen LogP contribution >= 0.6 is 22.6 Å². The highest BCUT2D eigenvalue weighted by molar-refractivity contribution is 14.1. The Morgan fingerprint density at radius 1 is 1.20 bits per heavy atom. The third-order valence-corrected chi connectivity index (χ3v) is 3.98. The average Bonchev–Trinajstić information content (AvgIpc) is 2.58. The molecule has 0 saturated heterocycles. The molecule has 132 valence electrons. The number of nitrogens with one attached hydrogen (secondary N) is 1. The summed E-state index contributed by atoms with van der Waals surface area (Å²) in [4.78, 5) is 22.8. The van der Waals surface area contributed by atoms with Gasteiger partial charge in [0.15, 0.2) is 11.5 Å². The molecular formula is C17H17IN2O5. The first-order chi connectivity index (χ1) is 12.0. The fourth-order valence-corrected chi connectivity index (χ4v) is 2.90. The van der Waals surface area contributed by atoms with Gasteiger partial charge >= 0.3 is 0 Å². The van der Waals surface area contributed by atoms with Gasteiger partial charge in [0.25, 0.3) is 11.6 Å². The van der Waals surface area contributed by atoms with Crippen LogP contribution in [0.2, 0.25) is 0 Å². The molecule has 0 aliphatic rings. The number of amides is 1. The SMILES string of the molecule is CCOc1cc(C(=O)Nc2cccc([N+](=O)[O-])c2)cc(I)c1OCC. The van der Waals surface area contributed by atoms with Gasteiger partial charge in [0.1, 0.15) is 0 Å². The fraction of sp³-hybridized carbons (Fsp3) is 0.235. The van der Waals surface area contributed by atoms with Crippen molar-refractivity contribution in [3.63, 3.8) is 0 Å². The standard InChI is InChI=1S/C17H17IN2O5/c1-3-24-15-9-11(8-14(18)16(15)25-4-2)17(21)19-12-6-5-7-13(10-12)20(22)23/h5-10H,3-4H2,1-2H3,(H,19,21). The highest BCUT2D eigenvalue weighted by atomic mass is 127. The first-order valence-electron chi connectivity index (χ1n) is 7.61. The predicted octanol–water partition coefficient (Wildman–Crippen LogP) is 4.25. The maximum absolute atomic E-state index is 12.5. The number of anilines is 1. The van der Waals surface area contributed by atoms with E-state index in [4.69, 9.17) is 9.47 Å². The van der Waals surface area contributed by atoms with Crippen LogP contribution in [0.5, 0.6) is 11.5 Å². The highest BCUT2D eigenvalue weighted by Crippen LogP contribution is 2.34. The van der Waals surface area contributed by atoms with Crippen LogP contribution in [0.4, 0.5) is 11.4 Å². The van der Waals surface area contributed by atoms with Crippen LogP contribution in [-0.4, -0.2) is 24.0 Å². The lowest BCUT2D eigenvalue weighted by atomic mass is 10.1. The van der Waals surface area contributed by atoms with E-state index in [-0.39, 0.29) is 11.6 Å². The molecule has 0 bridgehead atoms. The second-order valence-corrected chi connectivity index (χ2v) is 6.08. The maximum atomic E-state index is 12.5. The Morgan fingerprint density at radius 3 is 2.56 bits per heavy atom. The van der Waals surface area contributed by atoms with Crippen LogP contribution in [0.15, 0.2) is 36.4 Å². The minimum Gasteiger partial charge on any atom is -0.490 e. The van der Waals surface area contributed by atoms with Crippen LogP contribution in [-0.2, 0) is 0 Å². The van der Waals surface area contributed by atoms with Gasteiger partial charge in [-0.2, -0.15) is 0 Å². The third kappa shape index (κ3) is 4.81. The van der Waals surface area contributed by atoms with Crippen molar-refractivity contribution in [2.75, 3.05) is 18.5 Å². The van der Waals surface area contributed by atoms with E-state index >= 15 is 0 Å². The minimum absolute atomic E-state index is 0.0888. The molecule has 2 rings (SSSR count). The number of hydrogen-bond donors (Lipinski definition) is 1. The molecule has 0 spiro atoms. The molecule has 2 aromatic carbocycles. The van der Waals surface area contributed by atoms with Gasteiger partial charge in [0.2, 0.25) is 0 Å². The number of non-ortho nitro benzene ring substituents is 1. The van der Waals surface area contributed by atoms with E-state index in [1.54, 1.807) is 18.2 Å². The molecule has 0 aliphatic carbocycles. The summed E-state index contributed by atoms with van der Waals surface area (Å²) in [5, 5.41) is 13.5. The largest absolute Gasteiger partial charge is 0.490 e. The lowest BCUT2D eigenvalue weighted by Gasteiger charge is -2.14. The number of ether oxygens (including phenoxy) is 2. The van der Waals surface area contributed by atoms with Crippen molar-refractivity contribution in [1.29, 1.82) is 0 Å². The Labute approximate surface area is 158 Å². The van der Waals surface area contributed by atoms with E-state index in [0.29, 0.717) is 36.0 Å². The Morgan fingerprint density at radius 2 is 1.92 bits per heavy atom. The second kappa shape index (κ2) is 8.65. The van der Waals surface area contributed by atoms with Crippen molar-refractivity contribution in [2.45, 2.75) is 13.8 Å². The smallest absolute Gasteiger partial charge is 0.271 e. The molecule has 0 radical (unpaired) electrons. The summed E-state index contributed by atoms with van der Waals surface area (Å²) in [5.41, 5.74) is 0.637. The number of nitrogens with zero attached hydrogens (tertiary/aromatic N) is 1. The quantitative estimate of drug-likeness (QED) is 0.382. The second-order valence-electron chi connectivity index (χ2n) is 4.91. The van der Waals surface area contributed by atoms with E-state index in [2.05, 4.69) is 27.9 Å². The molecule has 1 N–H and O–H groups in total. The number of benzene rings is 2. The van der Waals surface area contributed by atoms with Gasteiger partial charge in [0, 0.05) is 23.4 Å². The van der Waals surface area contributed by atoms with Crippen molar-refractivity contribution >= 4 is 39.9 Å². The Bertz CT molecular complexity index is 795. The molecule has 0 saturated carbocycles. The van der Waals surface area contributed by atoms with E-state index in [1.807, 2.05) is 13.8 Å². The van der Waals surface area contributed by atoms with Gasteiger partial charge in [0.05, 0.1) is 21.7 Å². The Balaban J connectivity index is 2.29. The summed E-state index contributed by atoms with van der Waals surface area (Å²) in [6, 6.07) is 9.06. The number of nitro benzene ring substituents is 1. The summed E-state index contributed by atoms with van der Waals surface area (Å²) in [5.74, 6) is 0.694. The Kier molecular flexibility index (Phi) is 6.57. The van der Waals surface area contributed by atoms with E-state index in [9.17, 15) is 14.9 Å². The summed E-state index contributed by atoms with van der Waals surface area (Å²) < 4.78 is 11.9. The highest BCUT2D eigenvalue weighted by Gasteiger charge is 2.16. The Hall–Kier alpha value is -2.36. The molecule has 7 nitrogen and oxygen atoms in total. The lowest BCUT2D eigenvalue weighted by molar-refractivity contribution is -0.384. The molecule has 25 heavy (non-hydrogen) atoms. The molecule has 0 aliphatic heterocycles. The topological polar surface area (TPSA) is 90.7 Å². The summed E-state index contributed by atoms with van der Waals surface area (Å²) in [7, 11) is 0. The molecule has 0 atom stereocenters. The van der Waals surface area contributed by atoms with Crippen LogP contribution in [0, 0.1) is 13.7 Å². The maximum Gasteiger partial charge on any atom is 0.271 e.